The first-order valence-corrected chi connectivity index (χ1v) is 8.08. The predicted molar refractivity (Wildman–Crippen MR) is 107 cm³/mol. The summed E-state index contributed by atoms with van der Waals surface area (Å²) in [7, 11) is 0. The van der Waals surface area contributed by atoms with Crippen LogP contribution < -0.4 is 10.6 Å². The highest BCUT2D eigenvalue weighted by Crippen LogP contribution is 1.99. The summed E-state index contributed by atoms with van der Waals surface area (Å²) in [5.74, 6) is 0.904. The molecule has 0 fully saturated rings. The molecule has 0 aliphatic heterocycles. The molecule has 1 rings (SSSR count). The molecule has 0 bridgehead atoms. The Morgan fingerprint density at radius 2 is 1.73 bits per heavy atom. The highest BCUT2D eigenvalue weighted by atomic mass is 127. The van der Waals surface area contributed by atoms with Gasteiger partial charge in [-0.25, -0.2) is 4.99 Å². The molecule has 0 radical (unpaired) electrons. The fraction of sp³-hybridized carbons (Fsp3) is 0.588. The van der Waals surface area contributed by atoms with Gasteiger partial charge in [0.25, 0.3) is 0 Å². The summed E-state index contributed by atoms with van der Waals surface area (Å²) < 4.78 is 0. The number of nitrogens with one attached hydrogen (secondary N) is 2. The van der Waals surface area contributed by atoms with Crippen LogP contribution in [0.3, 0.4) is 0 Å². The third kappa shape index (κ3) is 9.25. The molecule has 0 aliphatic carbocycles. The molecule has 0 spiro atoms. The quantitative estimate of drug-likeness (QED) is 0.280. The number of guanidine groups is 1. The molecule has 0 amide bonds. The Morgan fingerprint density at radius 3 is 2.32 bits per heavy atom. The van der Waals surface area contributed by atoms with E-state index in [0.717, 1.165) is 45.1 Å². The standard InChI is InChI=1S/C17H30N4.HI/c1-4-18-17(19-13-10-14-21(5-2)6-3)20-15-16-11-8-7-9-12-16;/h7-9,11-12H,4-6,10,13-15H2,1-3H3,(H2,18,19,20);1H. The Bertz CT molecular complexity index is 391. The van der Waals surface area contributed by atoms with Crippen LogP contribution in [0, 0.1) is 0 Å². The summed E-state index contributed by atoms with van der Waals surface area (Å²) in [5, 5.41) is 6.70. The van der Waals surface area contributed by atoms with Crippen LogP contribution >= 0.6 is 24.0 Å². The van der Waals surface area contributed by atoms with E-state index >= 15 is 0 Å². The lowest BCUT2D eigenvalue weighted by Gasteiger charge is -2.18. The predicted octanol–water partition coefficient (Wildman–Crippen LogP) is 3.09. The molecular formula is C17H31IN4. The molecule has 0 unspecified atom stereocenters. The van der Waals surface area contributed by atoms with Gasteiger partial charge in [0, 0.05) is 13.1 Å². The van der Waals surface area contributed by atoms with E-state index in [1.807, 2.05) is 6.07 Å². The van der Waals surface area contributed by atoms with Gasteiger partial charge in [0.2, 0.25) is 0 Å². The number of halogens is 1. The smallest absolute Gasteiger partial charge is 0.191 e. The fourth-order valence-corrected chi connectivity index (χ4v) is 2.14. The Kier molecular flexibility index (Phi) is 13.3. The first kappa shape index (κ1) is 21.2. The van der Waals surface area contributed by atoms with Crippen LogP contribution in [0.25, 0.3) is 0 Å². The molecule has 0 aromatic heterocycles. The zero-order valence-electron chi connectivity index (χ0n) is 14.1. The average molecular weight is 418 g/mol. The van der Waals surface area contributed by atoms with E-state index in [9.17, 15) is 0 Å². The highest BCUT2D eigenvalue weighted by molar-refractivity contribution is 14.0. The summed E-state index contributed by atoms with van der Waals surface area (Å²) in [4.78, 5) is 7.06. The number of hydrogen-bond acceptors (Lipinski definition) is 2. The normalized spacial score (nSPS) is 11.2. The van der Waals surface area contributed by atoms with Gasteiger partial charge in [0.05, 0.1) is 6.54 Å². The van der Waals surface area contributed by atoms with E-state index in [0.29, 0.717) is 6.54 Å². The second-order valence-electron chi connectivity index (χ2n) is 4.99. The van der Waals surface area contributed by atoms with Crippen molar-refractivity contribution >= 4 is 29.9 Å². The number of nitrogens with zero attached hydrogens (tertiary/aromatic N) is 2. The van der Waals surface area contributed by atoms with E-state index in [2.05, 4.69) is 65.6 Å². The average Bonchev–Trinajstić information content (AvgIpc) is 2.53. The van der Waals surface area contributed by atoms with Crippen LogP contribution in [0.5, 0.6) is 0 Å². The van der Waals surface area contributed by atoms with Crippen molar-refractivity contribution in [3.05, 3.63) is 35.9 Å². The first-order chi connectivity index (χ1) is 10.3. The molecule has 4 nitrogen and oxygen atoms in total. The second kappa shape index (κ2) is 13.8. The number of rotatable bonds is 9. The minimum absolute atomic E-state index is 0. The topological polar surface area (TPSA) is 39.7 Å². The van der Waals surface area contributed by atoms with Crippen LogP contribution in [0.4, 0.5) is 0 Å². The van der Waals surface area contributed by atoms with Gasteiger partial charge in [0.15, 0.2) is 5.96 Å². The largest absolute Gasteiger partial charge is 0.357 e. The van der Waals surface area contributed by atoms with Crippen LogP contribution in [0.1, 0.15) is 32.8 Å². The lowest BCUT2D eigenvalue weighted by atomic mass is 10.2. The summed E-state index contributed by atoms with van der Waals surface area (Å²) >= 11 is 0. The maximum Gasteiger partial charge on any atom is 0.191 e. The molecule has 0 saturated heterocycles. The third-order valence-corrected chi connectivity index (χ3v) is 3.44. The van der Waals surface area contributed by atoms with Gasteiger partial charge >= 0.3 is 0 Å². The molecule has 0 heterocycles. The van der Waals surface area contributed by atoms with E-state index in [1.165, 1.54) is 5.56 Å². The Balaban J connectivity index is 0.00000441. The molecule has 0 saturated carbocycles. The van der Waals surface area contributed by atoms with Crippen LogP contribution in [-0.4, -0.2) is 43.6 Å². The number of benzene rings is 1. The molecule has 0 aliphatic rings. The number of hydrogen-bond donors (Lipinski definition) is 2. The zero-order valence-corrected chi connectivity index (χ0v) is 16.5. The van der Waals surface area contributed by atoms with Crippen molar-refractivity contribution in [1.82, 2.24) is 15.5 Å². The van der Waals surface area contributed by atoms with Gasteiger partial charge in [-0.1, -0.05) is 44.2 Å². The van der Waals surface area contributed by atoms with E-state index < -0.39 is 0 Å². The van der Waals surface area contributed by atoms with Crippen molar-refractivity contribution in [3.63, 3.8) is 0 Å². The van der Waals surface area contributed by atoms with Gasteiger partial charge in [-0.3, -0.25) is 0 Å². The van der Waals surface area contributed by atoms with Crippen molar-refractivity contribution < 1.29 is 0 Å². The Labute approximate surface area is 152 Å². The van der Waals surface area contributed by atoms with Crippen molar-refractivity contribution in [2.24, 2.45) is 4.99 Å². The Morgan fingerprint density at radius 1 is 1.05 bits per heavy atom. The van der Waals surface area contributed by atoms with Crippen molar-refractivity contribution in [3.8, 4) is 0 Å². The molecule has 1 aromatic carbocycles. The highest BCUT2D eigenvalue weighted by Gasteiger charge is 2.00. The molecular weight excluding hydrogens is 387 g/mol. The van der Waals surface area contributed by atoms with Crippen molar-refractivity contribution in [2.75, 3.05) is 32.7 Å². The van der Waals surface area contributed by atoms with Gasteiger partial charge in [-0.05, 0) is 38.5 Å². The van der Waals surface area contributed by atoms with Crippen molar-refractivity contribution in [2.45, 2.75) is 33.7 Å². The summed E-state index contributed by atoms with van der Waals surface area (Å²) in [6, 6.07) is 10.3. The minimum Gasteiger partial charge on any atom is -0.357 e. The summed E-state index contributed by atoms with van der Waals surface area (Å²) in [5.41, 5.74) is 1.23. The summed E-state index contributed by atoms with van der Waals surface area (Å²) in [6.45, 7) is 12.5. The van der Waals surface area contributed by atoms with Crippen LogP contribution in [0.2, 0.25) is 0 Å². The zero-order chi connectivity index (χ0) is 15.3. The molecule has 126 valence electrons. The lowest BCUT2D eigenvalue weighted by Crippen LogP contribution is -2.38. The van der Waals surface area contributed by atoms with Crippen LogP contribution in [0.15, 0.2) is 35.3 Å². The maximum absolute atomic E-state index is 4.62. The molecule has 2 N–H and O–H groups in total. The maximum atomic E-state index is 4.62. The SMILES string of the molecule is CCNC(=NCc1ccccc1)NCCCN(CC)CC.I. The van der Waals surface area contributed by atoms with Gasteiger partial charge in [0.1, 0.15) is 0 Å². The minimum atomic E-state index is 0. The Hall–Kier alpha value is -0.820. The fourth-order valence-electron chi connectivity index (χ4n) is 2.14. The van der Waals surface area contributed by atoms with E-state index in [4.69, 9.17) is 0 Å². The number of aliphatic imine (C=N–C) groups is 1. The molecule has 22 heavy (non-hydrogen) atoms. The van der Waals surface area contributed by atoms with E-state index in [-0.39, 0.29) is 24.0 Å². The van der Waals surface area contributed by atoms with Gasteiger partial charge in [-0.15, -0.1) is 24.0 Å². The third-order valence-electron chi connectivity index (χ3n) is 3.44. The monoisotopic (exact) mass is 418 g/mol. The van der Waals surface area contributed by atoms with Gasteiger partial charge in [-0.2, -0.15) is 0 Å². The van der Waals surface area contributed by atoms with Crippen LogP contribution in [-0.2, 0) is 6.54 Å². The van der Waals surface area contributed by atoms with Gasteiger partial charge < -0.3 is 15.5 Å². The summed E-state index contributed by atoms with van der Waals surface area (Å²) in [6.07, 6.45) is 1.14. The molecule has 0 atom stereocenters. The second-order valence-corrected chi connectivity index (χ2v) is 4.99. The van der Waals surface area contributed by atoms with E-state index in [1.54, 1.807) is 0 Å². The first-order valence-electron chi connectivity index (χ1n) is 8.08. The molecule has 5 heteroatoms. The van der Waals surface area contributed by atoms with Crippen molar-refractivity contribution in [1.29, 1.82) is 0 Å². The lowest BCUT2D eigenvalue weighted by molar-refractivity contribution is 0.300. The molecule has 1 aromatic rings.